The second-order valence-corrected chi connectivity index (χ2v) is 6.17. The quantitative estimate of drug-likeness (QED) is 0.782. The Kier molecular flexibility index (Phi) is 6.23. The number of carbonyl (C=O) groups excluding carboxylic acids is 2. The molecule has 2 aromatic carbocycles. The highest BCUT2D eigenvalue weighted by atomic mass is 35.5. The van der Waals surface area contributed by atoms with Crippen LogP contribution < -0.4 is 10.2 Å². The Morgan fingerprint density at radius 1 is 1.12 bits per heavy atom. The van der Waals surface area contributed by atoms with Gasteiger partial charge in [-0.15, -0.1) is 0 Å². The SMILES string of the molecule is CCN(C(=O)CC(=O)Nc1ccc(Cl)cc1Cl)c1cccc(C)c1. The highest BCUT2D eigenvalue weighted by Crippen LogP contribution is 2.25. The number of hydrogen-bond donors (Lipinski definition) is 1. The van der Waals surface area contributed by atoms with Crippen molar-refractivity contribution in [1.82, 2.24) is 0 Å². The van der Waals surface area contributed by atoms with Gasteiger partial charge in [0.05, 0.1) is 10.7 Å². The van der Waals surface area contributed by atoms with E-state index in [9.17, 15) is 9.59 Å². The van der Waals surface area contributed by atoms with E-state index < -0.39 is 5.91 Å². The van der Waals surface area contributed by atoms with Crippen LogP contribution in [0.25, 0.3) is 0 Å². The van der Waals surface area contributed by atoms with E-state index in [4.69, 9.17) is 23.2 Å². The molecule has 2 aromatic rings. The molecule has 0 bridgehead atoms. The summed E-state index contributed by atoms with van der Waals surface area (Å²) in [5.41, 5.74) is 2.26. The normalized spacial score (nSPS) is 10.3. The molecule has 0 fully saturated rings. The van der Waals surface area contributed by atoms with Gasteiger partial charge >= 0.3 is 0 Å². The molecule has 126 valence electrons. The maximum atomic E-state index is 12.4. The largest absolute Gasteiger partial charge is 0.324 e. The lowest BCUT2D eigenvalue weighted by Gasteiger charge is -2.21. The van der Waals surface area contributed by atoms with Crippen molar-refractivity contribution in [3.63, 3.8) is 0 Å². The molecular formula is C18H18Cl2N2O2. The summed E-state index contributed by atoms with van der Waals surface area (Å²) in [7, 11) is 0. The van der Waals surface area contributed by atoms with Gasteiger partial charge in [-0.25, -0.2) is 0 Å². The Bertz CT molecular complexity index is 762. The fraction of sp³-hybridized carbons (Fsp3) is 0.222. The first-order valence-electron chi connectivity index (χ1n) is 7.52. The molecule has 0 aliphatic heterocycles. The van der Waals surface area contributed by atoms with E-state index in [2.05, 4.69) is 5.32 Å². The Labute approximate surface area is 151 Å². The summed E-state index contributed by atoms with van der Waals surface area (Å²) >= 11 is 11.8. The van der Waals surface area contributed by atoms with Crippen LogP contribution in [0.2, 0.25) is 10.0 Å². The molecule has 24 heavy (non-hydrogen) atoms. The van der Waals surface area contributed by atoms with Crippen LogP contribution in [0.3, 0.4) is 0 Å². The first-order chi connectivity index (χ1) is 11.4. The topological polar surface area (TPSA) is 49.4 Å². The van der Waals surface area contributed by atoms with Gasteiger partial charge in [0, 0.05) is 17.3 Å². The summed E-state index contributed by atoms with van der Waals surface area (Å²) < 4.78 is 0. The predicted molar refractivity (Wildman–Crippen MR) is 98.9 cm³/mol. The number of anilines is 2. The van der Waals surface area contributed by atoms with E-state index in [-0.39, 0.29) is 12.3 Å². The first kappa shape index (κ1) is 18.3. The van der Waals surface area contributed by atoms with Gasteiger partial charge < -0.3 is 10.2 Å². The van der Waals surface area contributed by atoms with E-state index >= 15 is 0 Å². The summed E-state index contributed by atoms with van der Waals surface area (Å²) in [6.07, 6.45) is -0.263. The molecule has 1 N–H and O–H groups in total. The molecule has 6 heteroatoms. The smallest absolute Gasteiger partial charge is 0.236 e. The molecule has 0 atom stereocenters. The summed E-state index contributed by atoms with van der Waals surface area (Å²) in [4.78, 5) is 26.1. The molecular weight excluding hydrogens is 347 g/mol. The van der Waals surface area contributed by atoms with Crippen molar-refractivity contribution in [3.05, 3.63) is 58.1 Å². The zero-order chi connectivity index (χ0) is 17.7. The van der Waals surface area contributed by atoms with Crippen molar-refractivity contribution in [3.8, 4) is 0 Å². The monoisotopic (exact) mass is 364 g/mol. The van der Waals surface area contributed by atoms with Crippen molar-refractivity contribution >= 4 is 46.4 Å². The average molecular weight is 365 g/mol. The Balaban J connectivity index is 2.05. The number of nitrogens with zero attached hydrogens (tertiary/aromatic N) is 1. The lowest BCUT2D eigenvalue weighted by molar-refractivity contribution is -0.125. The summed E-state index contributed by atoms with van der Waals surface area (Å²) in [6.45, 7) is 4.31. The van der Waals surface area contributed by atoms with Gasteiger partial charge in [-0.1, -0.05) is 35.3 Å². The van der Waals surface area contributed by atoms with Crippen LogP contribution in [0.5, 0.6) is 0 Å². The zero-order valence-electron chi connectivity index (χ0n) is 13.5. The average Bonchev–Trinajstić information content (AvgIpc) is 2.51. The van der Waals surface area contributed by atoms with E-state index in [0.717, 1.165) is 11.3 Å². The van der Waals surface area contributed by atoms with E-state index in [0.29, 0.717) is 22.3 Å². The third kappa shape index (κ3) is 4.73. The Hall–Kier alpha value is -2.04. The molecule has 4 nitrogen and oxygen atoms in total. The Morgan fingerprint density at radius 3 is 2.50 bits per heavy atom. The third-order valence-corrected chi connectivity index (χ3v) is 4.00. The predicted octanol–water partition coefficient (Wildman–Crippen LogP) is 4.68. The maximum Gasteiger partial charge on any atom is 0.236 e. The fourth-order valence-corrected chi connectivity index (χ4v) is 2.77. The standard InChI is InChI=1S/C18H18Cl2N2O2/c1-3-22(14-6-4-5-12(2)9-14)18(24)11-17(23)21-16-8-7-13(19)10-15(16)20/h4-10H,3,11H2,1-2H3,(H,21,23). The lowest BCUT2D eigenvalue weighted by Crippen LogP contribution is -2.33. The van der Waals surface area contributed by atoms with E-state index in [1.165, 1.54) is 6.07 Å². The van der Waals surface area contributed by atoms with Gasteiger partial charge in [-0.05, 0) is 49.7 Å². The van der Waals surface area contributed by atoms with Gasteiger partial charge in [0.2, 0.25) is 11.8 Å². The number of amides is 2. The van der Waals surface area contributed by atoms with E-state index in [1.807, 2.05) is 38.1 Å². The van der Waals surface area contributed by atoms with Crippen LogP contribution in [0, 0.1) is 6.92 Å². The minimum absolute atomic E-state index is 0.263. The molecule has 0 aliphatic rings. The second-order valence-electron chi connectivity index (χ2n) is 5.33. The molecule has 0 saturated carbocycles. The molecule has 0 aliphatic carbocycles. The summed E-state index contributed by atoms with van der Waals surface area (Å²) in [5, 5.41) is 3.44. The molecule has 0 aromatic heterocycles. The lowest BCUT2D eigenvalue weighted by atomic mass is 10.2. The molecule has 0 saturated heterocycles. The number of aryl methyl sites for hydroxylation is 1. The number of hydrogen-bond acceptors (Lipinski definition) is 2. The number of benzene rings is 2. The van der Waals surface area contributed by atoms with Crippen molar-refractivity contribution in [2.45, 2.75) is 20.3 Å². The van der Waals surface area contributed by atoms with Crippen LogP contribution in [-0.2, 0) is 9.59 Å². The minimum Gasteiger partial charge on any atom is -0.324 e. The van der Waals surface area contributed by atoms with Gasteiger partial charge in [-0.3, -0.25) is 9.59 Å². The van der Waals surface area contributed by atoms with Crippen LogP contribution in [0.1, 0.15) is 18.9 Å². The highest BCUT2D eigenvalue weighted by Gasteiger charge is 2.18. The first-order valence-corrected chi connectivity index (χ1v) is 8.28. The molecule has 0 unspecified atom stereocenters. The van der Waals surface area contributed by atoms with Crippen LogP contribution >= 0.6 is 23.2 Å². The Morgan fingerprint density at radius 2 is 1.88 bits per heavy atom. The van der Waals surface area contributed by atoms with Crippen molar-refractivity contribution in [2.75, 3.05) is 16.8 Å². The van der Waals surface area contributed by atoms with Crippen LogP contribution in [-0.4, -0.2) is 18.4 Å². The summed E-state index contributed by atoms with van der Waals surface area (Å²) in [5.74, 6) is -0.694. The molecule has 0 radical (unpaired) electrons. The fourth-order valence-electron chi connectivity index (χ4n) is 2.32. The van der Waals surface area contributed by atoms with Crippen molar-refractivity contribution < 1.29 is 9.59 Å². The molecule has 2 rings (SSSR count). The van der Waals surface area contributed by atoms with E-state index in [1.54, 1.807) is 17.0 Å². The van der Waals surface area contributed by atoms with Crippen LogP contribution in [0.4, 0.5) is 11.4 Å². The third-order valence-electron chi connectivity index (χ3n) is 3.45. The number of carbonyl (C=O) groups is 2. The van der Waals surface area contributed by atoms with Crippen LogP contribution in [0.15, 0.2) is 42.5 Å². The van der Waals surface area contributed by atoms with Crippen molar-refractivity contribution in [2.24, 2.45) is 0 Å². The minimum atomic E-state index is -0.421. The van der Waals surface area contributed by atoms with Gasteiger partial charge in [0.1, 0.15) is 6.42 Å². The molecule has 0 heterocycles. The number of halogens is 2. The number of rotatable bonds is 5. The second kappa shape index (κ2) is 8.18. The maximum absolute atomic E-state index is 12.4. The van der Waals surface area contributed by atoms with Gasteiger partial charge in [0.25, 0.3) is 0 Å². The zero-order valence-corrected chi connectivity index (χ0v) is 15.0. The summed E-state index contributed by atoms with van der Waals surface area (Å²) in [6, 6.07) is 12.4. The van der Waals surface area contributed by atoms with Crippen molar-refractivity contribution in [1.29, 1.82) is 0 Å². The van der Waals surface area contributed by atoms with Gasteiger partial charge in [0.15, 0.2) is 0 Å². The molecule has 0 spiro atoms. The number of nitrogens with one attached hydrogen (secondary N) is 1. The molecule has 2 amide bonds. The highest BCUT2D eigenvalue weighted by molar-refractivity contribution is 6.36. The van der Waals surface area contributed by atoms with Gasteiger partial charge in [-0.2, -0.15) is 0 Å².